The van der Waals surface area contributed by atoms with Gasteiger partial charge in [0.1, 0.15) is 17.7 Å². The van der Waals surface area contributed by atoms with E-state index in [1.54, 1.807) is 44.4 Å². The van der Waals surface area contributed by atoms with E-state index < -0.39 is 35.7 Å². The van der Waals surface area contributed by atoms with E-state index in [1.807, 2.05) is 45.2 Å². The smallest absolute Gasteiger partial charge is 0.408 e. The van der Waals surface area contributed by atoms with Gasteiger partial charge in [-0.25, -0.2) is 4.79 Å². The molecule has 0 spiro atoms. The zero-order chi connectivity index (χ0) is 32.0. The minimum atomic E-state index is -0.973. The van der Waals surface area contributed by atoms with Gasteiger partial charge in [-0.15, -0.1) is 0 Å². The molecule has 42 heavy (non-hydrogen) atoms. The van der Waals surface area contributed by atoms with Crippen LogP contribution in [0.1, 0.15) is 96.9 Å². The summed E-state index contributed by atoms with van der Waals surface area (Å²) in [5.74, 6) is -0.122. The molecule has 1 aromatic carbocycles. The quantitative estimate of drug-likeness (QED) is 0.231. The van der Waals surface area contributed by atoms with Gasteiger partial charge in [0.2, 0.25) is 11.8 Å². The number of aryl methyl sites for hydroxylation is 1. The van der Waals surface area contributed by atoms with E-state index >= 15 is 0 Å². The van der Waals surface area contributed by atoms with Crippen molar-refractivity contribution in [3.8, 4) is 0 Å². The molecule has 0 aliphatic rings. The van der Waals surface area contributed by atoms with Gasteiger partial charge in [0, 0.05) is 12.6 Å². The molecule has 0 aliphatic carbocycles. The normalized spacial score (nSPS) is 13.6. The summed E-state index contributed by atoms with van der Waals surface area (Å²) in [7, 11) is 0. The number of benzene rings is 1. The summed E-state index contributed by atoms with van der Waals surface area (Å²) >= 11 is 1.57. The van der Waals surface area contributed by atoms with Crippen molar-refractivity contribution in [2.45, 2.75) is 112 Å². The second kappa shape index (κ2) is 18.0. The highest BCUT2D eigenvalue weighted by Gasteiger charge is 2.39. The van der Waals surface area contributed by atoms with Crippen LogP contribution >= 0.6 is 11.8 Å². The molecule has 2 N–H and O–H groups in total. The lowest BCUT2D eigenvalue weighted by atomic mass is 9.92. The first-order chi connectivity index (χ1) is 19.6. The van der Waals surface area contributed by atoms with Gasteiger partial charge in [0.15, 0.2) is 0 Å². The van der Waals surface area contributed by atoms with E-state index in [1.165, 1.54) is 0 Å². The SMILES string of the molecule is CCOC(=O)CCNC(=O)C(c1cccc(C)c1C)N(C(=O)C(CCSC)NC(=O)OC(C)(C)C)C(C)CCC(C)C. The fourth-order valence-electron chi connectivity index (χ4n) is 4.54. The zero-order valence-electron chi connectivity index (χ0n) is 27.3. The molecule has 0 heterocycles. The lowest BCUT2D eigenvalue weighted by molar-refractivity contribution is -0.146. The number of nitrogens with zero attached hydrogens (tertiary/aromatic N) is 1. The Hall–Kier alpha value is -2.75. The Kier molecular flexibility index (Phi) is 16.0. The number of ether oxygens (including phenoxy) is 2. The average molecular weight is 608 g/mol. The van der Waals surface area contributed by atoms with Gasteiger partial charge in [0.05, 0.1) is 13.0 Å². The van der Waals surface area contributed by atoms with E-state index in [0.717, 1.165) is 17.5 Å². The molecule has 1 rings (SSSR count). The number of amides is 3. The van der Waals surface area contributed by atoms with Crippen LogP contribution in [0.2, 0.25) is 0 Å². The third-order valence-electron chi connectivity index (χ3n) is 6.89. The number of thioether (sulfide) groups is 1. The Labute approximate surface area is 257 Å². The van der Waals surface area contributed by atoms with E-state index in [0.29, 0.717) is 30.1 Å². The summed E-state index contributed by atoms with van der Waals surface area (Å²) in [4.78, 5) is 55.0. The summed E-state index contributed by atoms with van der Waals surface area (Å²) in [6.45, 7) is 17.5. The van der Waals surface area contributed by atoms with Crippen LogP contribution in [0.3, 0.4) is 0 Å². The van der Waals surface area contributed by atoms with Crippen LogP contribution in [-0.2, 0) is 23.9 Å². The Morgan fingerprint density at radius 3 is 2.26 bits per heavy atom. The molecule has 3 amide bonds. The number of nitrogens with one attached hydrogen (secondary N) is 2. The van der Waals surface area contributed by atoms with Crippen molar-refractivity contribution in [1.29, 1.82) is 0 Å². The van der Waals surface area contributed by atoms with Crippen molar-refractivity contribution in [3.63, 3.8) is 0 Å². The number of esters is 1. The number of hydrogen-bond donors (Lipinski definition) is 2. The lowest BCUT2D eigenvalue weighted by Crippen LogP contribution is -2.56. The monoisotopic (exact) mass is 607 g/mol. The molecule has 3 unspecified atom stereocenters. The molecule has 238 valence electrons. The Bertz CT molecular complexity index is 1040. The van der Waals surface area contributed by atoms with Crippen molar-refractivity contribution < 1.29 is 28.7 Å². The minimum absolute atomic E-state index is 0.0203. The van der Waals surface area contributed by atoms with Crippen molar-refractivity contribution in [2.24, 2.45) is 5.92 Å². The van der Waals surface area contributed by atoms with Gasteiger partial charge in [-0.3, -0.25) is 14.4 Å². The highest BCUT2D eigenvalue weighted by atomic mass is 32.2. The predicted molar refractivity (Wildman–Crippen MR) is 169 cm³/mol. The van der Waals surface area contributed by atoms with E-state index in [2.05, 4.69) is 24.5 Å². The second-order valence-electron chi connectivity index (χ2n) is 12.1. The van der Waals surface area contributed by atoms with Gasteiger partial charge in [-0.2, -0.15) is 11.8 Å². The van der Waals surface area contributed by atoms with Gasteiger partial charge >= 0.3 is 12.1 Å². The standard InChI is InChI=1S/C32H53N3O6S/c1-11-40-27(36)17-19-33-29(37)28(25-14-12-13-22(4)24(25)6)35(23(5)16-15-21(2)3)30(38)26(18-20-42-10)34-31(39)41-32(7,8)9/h12-14,21,23,26,28H,11,15-20H2,1-10H3,(H,33,37)(H,34,39). The first kappa shape index (κ1) is 37.3. The van der Waals surface area contributed by atoms with Crippen molar-refractivity contribution in [2.75, 3.05) is 25.2 Å². The van der Waals surface area contributed by atoms with Crippen LogP contribution in [0.4, 0.5) is 4.79 Å². The summed E-state index contributed by atoms with van der Waals surface area (Å²) in [6, 6.07) is 3.52. The topological polar surface area (TPSA) is 114 Å². The third-order valence-corrected chi connectivity index (χ3v) is 7.54. The van der Waals surface area contributed by atoms with Crippen LogP contribution in [0.15, 0.2) is 18.2 Å². The number of carbonyl (C=O) groups excluding carboxylic acids is 4. The minimum Gasteiger partial charge on any atom is -0.466 e. The molecular formula is C32H53N3O6S. The summed E-state index contributed by atoms with van der Waals surface area (Å²) < 4.78 is 10.5. The van der Waals surface area contributed by atoms with Crippen molar-refractivity contribution in [3.05, 3.63) is 34.9 Å². The van der Waals surface area contributed by atoms with Gasteiger partial charge < -0.3 is 25.0 Å². The summed E-state index contributed by atoms with van der Waals surface area (Å²) in [6.07, 6.45) is 3.17. The second-order valence-corrected chi connectivity index (χ2v) is 13.1. The molecule has 0 fully saturated rings. The average Bonchev–Trinajstić information content (AvgIpc) is 2.88. The molecule has 0 aliphatic heterocycles. The number of alkyl carbamates (subject to hydrolysis) is 1. The molecular weight excluding hydrogens is 554 g/mol. The summed E-state index contributed by atoms with van der Waals surface area (Å²) in [5, 5.41) is 5.67. The fourth-order valence-corrected chi connectivity index (χ4v) is 5.01. The van der Waals surface area contributed by atoms with Crippen LogP contribution < -0.4 is 10.6 Å². The molecule has 0 saturated heterocycles. The van der Waals surface area contributed by atoms with Crippen LogP contribution in [-0.4, -0.2) is 71.6 Å². The lowest BCUT2D eigenvalue weighted by Gasteiger charge is -2.39. The van der Waals surface area contributed by atoms with Crippen molar-refractivity contribution >= 4 is 35.6 Å². The highest BCUT2D eigenvalue weighted by Crippen LogP contribution is 2.31. The molecule has 1 aromatic rings. The maximum Gasteiger partial charge on any atom is 0.408 e. The maximum absolute atomic E-state index is 14.5. The Morgan fingerprint density at radius 1 is 1.02 bits per heavy atom. The first-order valence-corrected chi connectivity index (χ1v) is 16.3. The van der Waals surface area contributed by atoms with Gasteiger partial charge in [0.25, 0.3) is 0 Å². The number of rotatable bonds is 16. The van der Waals surface area contributed by atoms with Gasteiger partial charge in [-0.1, -0.05) is 32.0 Å². The van der Waals surface area contributed by atoms with E-state index in [4.69, 9.17) is 9.47 Å². The van der Waals surface area contributed by atoms with Crippen LogP contribution in [0, 0.1) is 19.8 Å². The van der Waals surface area contributed by atoms with E-state index in [9.17, 15) is 19.2 Å². The maximum atomic E-state index is 14.5. The van der Waals surface area contributed by atoms with E-state index in [-0.39, 0.29) is 31.5 Å². The number of carbonyl (C=O) groups is 4. The first-order valence-electron chi connectivity index (χ1n) is 14.9. The zero-order valence-corrected chi connectivity index (χ0v) is 28.1. The molecule has 9 nitrogen and oxygen atoms in total. The Balaban J connectivity index is 3.63. The third kappa shape index (κ3) is 12.6. The highest BCUT2D eigenvalue weighted by molar-refractivity contribution is 7.98. The molecule has 0 aromatic heterocycles. The van der Waals surface area contributed by atoms with Gasteiger partial charge in [-0.05, 0) is 102 Å². The van der Waals surface area contributed by atoms with Crippen LogP contribution in [0.25, 0.3) is 0 Å². The summed E-state index contributed by atoms with van der Waals surface area (Å²) in [5.41, 5.74) is 1.86. The molecule has 0 saturated carbocycles. The molecule has 10 heteroatoms. The molecule has 3 atom stereocenters. The number of hydrogen-bond acceptors (Lipinski definition) is 7. The molecule has 0 radical (unpaired) electrons. The predicted octanol–water partition coefficient (Wildman–Crippen LogP) is 5.71. The van der Waals surface area contributed by atoms with Crippen molar-refractivity contribution in [1.82, 2.24) is 15.5 Å². The van der Waals surface area contributed by atoms with Crippen LogP contribution in [0.5, 0.6) is 0 Å². The largest absolute Gasteiger partial charge is 0.466 e. The Morgan fingerprint density at radius 2 is 1.69 bits per heavy atom. The fraction of sp³-hybridized carbons (Fsp3) is 0.688. The molecule has 0 bridgehead atoms.